The molecule has 92 valence electrons. The normalized spacial score (nSPS) is 11.4. The van der Waals surface area contributed by atoms with E-state index in [4.69, 9.17) is 5.73 Å². The number of nitrogens with zero attached hydrogens (tertiary/aromatic N) is 4. The van der Waals surface area contributed by atoms with E-state index in [1.54, 1.807) is 23.0 Å². The minimum absolute atomic E-state index is 0.461. The lowest BCUT2D eigenvalue weighted by Crippen LogP contribution is -1.93. The molecule has 0 radical (unpaired) electrons. The summed E-state index contributed by atoms with van der Waals surface area (Å²) in [7, 11) is 0. The molecule has 0 spiro atoms. The van der Waals surface area contributed by atoms with Gasteiger partial charge in [0.1, 0.15) is 5.82 Å². The average molecular weight is 250 g/mol. The second-order valence-corrected chi connectivity index (χ2v) is 4.34. The van der Waals surface area contributed by atoms with E-state index in [2.05, 4.69) is 20.1 Å². The lowest BCUT2D eigenvalue weighted by atomic mass is 10.1. The summed E-state index contributed by atoms with van der Waals surface area (Å²) in [5.41, 5.74) is 9.36. The molecule has 0 fully saturated rings. The van der Waals surface area contributed by atoms with Gasteiger partial charge in [-0.3, -0.25) is 4.98 Å². The smallest absolute Gasteiger partial charge is 0.157 e. The summed E-state index contributed by atoms with van der Waals surface area (Å²) in [6.45, 7) is 0. The minimum atomic E-state index is 0.461. The SMILES string of the molecule is Nc1cc2ncc(-c3cncc4[nH]ccc34)cn2n1. The molecular formula is C13H10N6. The first-order valence-electron chi connectivity index (χ1n) is 5.84. The summed E-state index contributed by atoms with van der Waals surface area (Å²) in [6, 6.07) is 3.76. The van der Waals surface area contributed by atoms with Crippen LogP contribution in [-0.4, -0.2) is 24.6 Å². The number of pyridine rings is 1. The van der Waals surface area contributed by atoms with Crippen molar-refractivity contribution in [2.45, 2.75) is 0 Å². The number of hydrogen-bond acceptors (Lipinski definition) is 4. The number of nitrogen functional groups attached to an aromatic ring is 1. The van der Waals surface area contributed by atoms with Crippen LogP contribution in [0.2, 0.25) is 0 Å². The molecule has 4 aromatic rings. The predicted octanol–water partition coefficient (Wildman–Crippen LogP) is 1.85. The standard InChI is InChI=1S/C13H10N6/c14-12-3-13-17-4-8(7-19(13)18-12)10-5-15-6-11-9(10)1-2-16-11/h1-7,16H,(H2,14,18). The number of aromatic amines is 1. The van der Waals surface area contributed by atoms with Gasteiger partial charge in [-0.1, -0.05) is 0 Å². The van der Waals surface area contributed by atoms with Gasteiger partial charge < -0.3 is 10.7 Å². The highest BCUT2D eigenvalue weighted by Gasteiger charge is 2.07. The van der Waals surface area contributed by atoms with Gasteiger partial charge in [-0.15, -0.1) is 5.10 Å². The zero-order chi connectivity index (χ0) is 12.8. The van der Waals surface area contributed by atoms with Crippen molar-refractivity contribution in [3.05, 3.63) is 43.1 Å². The van der Waals surface area contributed by atoms with Gasteiger partial charge in [-0.25, -0.2) is 9.50 Å². The molecule has 3 N–H and O–H groups in total. The van der Waals surface area contributed by atoms with Crippen LogP contribution in [0.4, 0.5) is 5.82 Å². The van der Waals surface area contributed by atoms with Crippen molar-refractivity contribution in [3.63, 3.8) is 0 Å². The first kappa shape index (κ1) is 10.1. The Labute approximate surface area is 107 Å². The molecule has 0 bridgehead atoms. The van der Waals surface area contributed by atoms with Crippen molar-refractivity contribution in [1.29, 1.82) is 0 Å². The molecule has 4 heterocycles. The Kier molecular flexibility index (Phi) is 1.88. The average Bonchev–Trinajstić information content (AvgIpc) is 3.01. The molecule has 0 aliphatic carbocycles. The monoisotopic (exact) mass is 250 g/mol. The molecule has 0 aromatic carbocycles. The molecule has 0 amide bonds. The number of anilines is 1. The van der Waals surface area contributed by atoms with E-state index >= 15 is 0 Å². The van der Waals surface area contributed by atoms with E-state index in [0.717, 1.165) is 27.7 Å². The zero-order valence-corrected chi connectivity index (χ0v) is 9.91. The highest BCUT2D eigenvalue weighted by atomic mass is 15.3. The molecule has 6 nitrogen and oxygen atoms in total. The van der Waals surface area contributed by atoms with Crippen LogP contribution in [-0.2, 0) is 0 Å². The quantitative estimate of drug-likeness (QED) is 0.540. The maximum atomic E-state index is 5.66. The Morgan fingerprint density at radius 1 is 1.21 bits per heavy atom. The van der Waals surface area contributed by atoms with Gasteiger partial charge in [0.15, 0.2) is 5.65 Å². The van der Waals surface area contributed by atoms with E-state index in [0.29, 0.717) is 5.82 Å². The van der Waals surface area contributed by atoms with Crippen LogP contribution in [0.25, 0.3) is 27.7 Å². The Morgan fingerprint density at radius 2 is 2.16 bits per heavy atom. The summed E-state index contributed by atoms with van der Waals surface area (Å²) in [5.74, 6) is 0.461. The maximum Gasteiger partial charge on any atom is 0.157 e. The summed E-state index contributed by atoms with van der Waals surface area (Å²) >= 11 is 0. The molecule has 4 rings (SSSR count). The minimum Gasteiger partial charge on any atom is -0.382 e. The summed E-state index contributed by atoms with van der Waals surface area (Å²) in [6.07, 6.45) is 9.23. The van der Waals surface area contributed by atoms with Crippen molar-refractivity contribution >= 4 is 22.4 Å². The molecular weight excluding hydrogens is 240 g/mol. The molecule has 4 aromatic heterocycles. The third kappa shape index (κ3) is 1.46. The highest BCUT2D eigenvalue weighted by molar-refractivity contribution is 5.93. The number of hydrogen-bond donors (Lipinski definition) is 2. The van der Waals surface area contributed by atoms with Crippen molar-refractivity contribution < 1.29 is 0 Å². The summed E-state index contributed by atoms with van der Waals surface area (Å²) < 4.78 is 1.68. The molecule has 0 saturated heterocycles. The van der Waals surface area contributed by atoms with Gasteiger partial charge in [0, 0.05) is 47.4 Å². The lowest BCUT2D eigenvalue weighted by molar-refractivity contribution is 0.947. The van der Waals surface area contributed by atoms with Gasteiger partial charge in [-0.2, -0.15) is 0 Å². The van der Waals surface area contributed by atoms with Crippen molar-refractivity contribution in [2.24, 2.45) is 0 Å². The van der Waals surface area contributed by atoms with Crippen LogP contribution >= 0.6 is 0 Å². The van der Waals surface area contributed by atoms with Crippen molar-refractivity contribution in [1.82, 2.24) is 24.6 Å². The number of aromatic nitrogens is 5. The number of nitrogens with one attached hydrogen (secondary N) is 1. The van der Waals surface area contributed by atoms with Crippen LogP contribution in [0.3, 0.4) is 0 Å². The molecule has 19 heavy (non-hydrogen) atoms. The Hall–Kier alpha value is -2.89. The number of H-pyrrole nitrogens is 1. The first-order chi connectivity index (χ1) is 9.31. The van der Waals surface area contributed by atoms with Crippen LogP contribution < -0.4 is 5.73 Å². The molecule has 0 aliphatic heterocycles. The third-order valence-electron chi connectivity index (χ3n) is 3.12. The Balaban J connectivity index is 2.00. The molecule has 0 aliphatic rings. The Morgan fingerprint density at radius 3 is 3.11 bits per heavy atom. The van der Waals surface area contributed by atoms with Crippen LogP contribution in [0.1, 0.15) is 0 Å². The number of rotatable bonds is 1. The van der Waals surface area contributed by atoms with Crippen LogP contribution in [0.5, 0.6) is 0 Å². The second kappa shape index (κ2) is 3.55. The summed E-state index contributed by atoms with van der Waals surface area (Å²) in [5, 5.41) is 5.28. The largest absolute Gasteiger partial charge is 0.382 e. The Bertz CT molecular complexity index is 888. The predicted molar refractivity (Wildman–Crippen MR) is 72.5 cm³/mol. The molecule has 0 atom stereocenters. The first-order valence-corrected chi connectivity index (χ1v) is 5.84. The molecule has 0 unspecified atom stereocenters. The van der Waals surface area contributed by atoms with Gasteiger partial charge in [0.2, 0.25) is 0 Å². The fraction of sp³-hybridized carbons (Fsp3) is 0. The van der Waals surface area contributed by atoms with E-state index in [1.807, 2.05) is 24.7 Å². The maximum absolute atomic E-state index is 5.66. The topological polar surface area (TPSA) is 84.9 Å². The van der Waals surface area contributed by atoms with E-state index in [1.165, 1.54) is 0 Å². The van der Waals surface area contributed by atoms with Gasteiger partial charge in [-0.05, 0) is 6.07 Å². The lowest BCUT2D eigenvalue weighted by Gasteiger charge is -2.03. The fourth-order valence-corrected chi connectivity index (χ4v) is 2.24. The molecule has 0 saturated carbocycles. The van der Waals surface area contributed by atoms with Crippen LogP contribution in [0.15, 0.2) is 43.1 Å². The van der Waals surface area contributed by atoms with E-state index in [9.17, 15) is 0 Å². The second-order valence-electron chi connectivity index (χ2n) is 4.34. The van der Waals surface area contributed by atoms with Gasteiger partial charge >= 0.3 is 0 Å². The van der Waals surface area contributed by atoms with E-state index in [-0.39, 0.29) is 0 Å². The fourth-order valence-electron chi connectivity index (χ4n) is 2.24. The number of fused-ring (bicyclic) bond motifs is 2. The third-order valence-corrected chi connectivity index (χ3v) is 3.12. The van der Waals surface area contributed by atoms with E-state index < -0.39 is 0 Å². The van der Waals surface area contributed by atoms with Gasteiger partial charge in [0.05, 0.1) is 11.7 Å². The van der Waals surface area contributed by atoms with Crippen LogP contribution in [0, 0.1) is 0 Å². The highest BCUT2D eigenvalue weighted by Crippen LogP contribution is 2.26. The van der Waals surface area contributed by atoms with Gasteiger partial charge in [0.25, 0.3) is 0 Å². The molecule has 6 heteroatoms. The van der Waals surface area contributed by atoms with Crippen molar-refractivity contribution in [2.75, 3.05) is 5.73 Å². The van der Waals surface area contributed by atoms with Crippen molar-refractivity contribution in [3.8, 4) is 11.1 Å². The zero-order valence-electron chi connectivity index (χ0n) is 9.91. The summed E-state index contributed by atoms with van der Waals surface area (Å²) in [4.78, 5) is 11.7. The number of nitrogens with two attached hydrogens (primary N) is 1.